The third-order valence-electron chi connectivity index (χ3n) is 20.4. The quantitative estimate of drug-likeness (QED) is 0.122. The molecule has 0 saturated heterocycles. The molecule has 0 N–H and O–H groups in total. The van der Waals surface area contributed by atoms with Crippen LogP contribution in [0.1, 0.15) is 0 Å². The second kappa shape index (κ2) is 26.8. The van der Waals surface area contributed by atoms with Crippen molar-refractivity contribution < 1.29 is 0 Å². The monoisotopic (exact) mass is 1340 g/mol. The van der Waals surface area contributed by atoms with E-state index in [1.165, 1.54) is 87.7 Å². The van der Waals surface area contributed by atoms with Crippen LogP contribution in [0.5, 0.6) is 0 Å². The predicted molar refractivity (Wildman–Crippen MR) is 438 cm³/mol. The Morgan fingerprint density at radius 1 is 0.143 bits per heavy atom. The highest BCUT2D eigenvalue weighted by Crippen LogP contribution is 2.41. The number of nitrogens with zero attached hydrogens (tertiary/aromatic N) is 6. The van der Waals surface area contributed by atoms with Gasteiger partial charge in [0.2, 0.25) is 0 Å². The fourth-order valence-corrected chi connectivity index (χ4v) is 15.2. The standard InChI is InChI=1S/C58H38N4.C41H28N2/c1-3-15-39(16-4-1)40-27-31-42(32-28-40)52-38-53(60-58(59-52)44-17-5-2-6-18-44)43-33-29-41(30-34-43)45-35-46(61-54-23-11-7-19-48(54)49-20-8-12-24-55(49)61)37-47(36-45)62-56-25-13-9-21-50(56)51-22-10-14-26-57(51)62;1-3-11-29(12-4-1)30-19-21-33(22-20-30)39-28-34(27-38(42-39)32-13-5-2-6-14-32)31-23-25-35(26-24-31)43-40-17-9-7-15-36(40)37-16-8-10-18-41(37)43/h1-38H;1-28H. The van der Waals surface area contributed by atoms with Crippen molar-refractivity contribution in [3.05, 3.63) is 400 Å². The molecule has 0 saturated carbocycles. The number of hydrogen-bond acceptors (Lipinski definition) is 3. The van der Waals surface area contributed by atoms with E-state index in [1.807, 2.05) is 36.4 Å². The lowest BCUT2D eigenvalue weighted by atomic mass is 9.98. The summed E-state index contributed by atoms with van der Waals surface area (Å²) >= 11 is 0. The predicted octanol–water partition coefficient (Wildman–Crippen LogP) is 25.9. The fraction of sp³-hybridized carbons (Fsp3) is 0. The van der Waals surface area contributed by atoms with Crippen molar-refractivity contribution in [1.82, 2.24) is 28.7 Å². The minimum Gasteiger partial charge on any atom is -0.309 e. The smallest absolute Gasteiger partial charge is 0.160 e. The Bertz CT molecular complexity index is 6290. The molecule has 6 heteroatoms. The lowest BCUT2D eigenvalue weighted by molar-refractivity contribution is 1.13. The minimum atomic E-state index is 0.698. The number of fused-ring (bicyclic) bond motifs is 9. The summed E-state index contributed by atoms with van der Waals surface area (Å²) in [6.07, 6.45) is 0. The first kappa shape index (κ1) is 62.0. The Balaban J connectivity index is 0.000000154. The van der Waals surface area contributed by atoms with Crippen molar-refractivity contribution in [3.63, 3.8) is 0 Å². The summed E-state index contributed by atoms with van der Waals surface area (Å²) in [5.74, 6) is 0.698. The van der Waals surface area contributed by atoms with E-state index in [-0.39, 0.29) is 0 Å². The first-order valence-corrected chi connectivity index (χ1v) is 35.7. The summed E-state index contributed by atoms with van der Waals surface area (Å²) in [6, 6.07) is 142. The van der Waals surface area contributed by atoms with Gasteiger partial charge in [-0.05, 0) is 129 Å². The molecule has 0 aliphatic carbocycles. The molecule has 0 fully saturated rings. The Labute approximate surface area is 608 Å². The van der Waals surface area contributed by atoms with Crippen molar-refractivity contribution in [2.24, 2.45) is 0 Å². The van der Waals surface area contributed by atoms with Crippen LogP contribution >= 0.6 is 0 Å². The van der Waals surface area contributed by atoms with E-state index >= 15 is 0 Å². The maximum atomic E-state index is 5.16. The molecule has 20 rings (SSSR count). The second-order valence-electron chi connectivity index (χ2n) is 26.7. The molecule has 0 aliphatic heterocycles. The van der Waals surface area contributed by atoms with Crippen molar-refractivity contribution in [2.75, 3.05) is 0 Å². The van der Waals surface area contributed by atoms with E-state index in [0.717, 1.165) is 89.9 Å². The molecule has 20 aromatic rings. The van der Waals surface area contributed by atoms with Crippen LogP contribution < -0.4 is 0 Å². The fourth-order valence-electron chi connectivity index (χ4n) is 15.2. The van der Waals surface area contributed by atoms with Crippen molar-refractivity contribution in [2.45, 2.75) is 0 Å². The third-order valence-corrected chi connectivity index (χ3v) is 20.4. The third kappa shape index (κ3) is 11.7. The molecule has 0 atom stereocenters. The van der Waals surface area contributed by atoms with Crippen LogP contribution in [0.2, 0.25) is 0 Å². The number of para-hydroxylation sites is 6. The van der Waals surface area contributed by atoms with Gasteiger partial charge in [0, 0.05) is 77.2 Å². The van der Waals surface area contributed by atoms with Gasteiger partial charge in [-0.25, -0.2) is 15.0 Å². The molecule has 5 heterocycles. The Morgan fingerprint density at radius 2 is 0.371 bits per heavy atom. The van der Waals surface area contributed by atoms with E-state index in [9.17, 15) is 0 Å². The van der Waals surface area contributed by atoms with Crippen LogP contribution in [0.25, 0.3) is 183 Å². The summed E-state index contributed by atoms with van der Waals surface area (Å²) in [6.45, 7) is 0. The zero-order valence-corrected chi connectivity index (χ0v) is 57.3. The van der Waals surface area contributed by atoms with Crippen molar-refractivity contribution >= 4 is 65.4 Å². The van der Waals surface area contributed by atoms with Crippen LogP contribution in [-0.2, 0) is 0 Å². The zero-order chi connectivity index (χ0) is 69.6. The molecule has 0 radical (unpaired) electrons. The van der Waals surface area contributed by atoms with Gasteiger partial charge >= 0.3 is 0 Å². The highest BCUT2D eigenvalue weighted by molar-refractivity contribution is 6.12. The summed E-state index contributed by atoms with van der Waals surface area (Å²) in [5, 5.41) is 7.49. The summed E-state index contributed by atoms with van der Waals surface area (Å²) in [7, 11) is 0. The van der Waals surface area contributed by atoms with E-state index in [2.05, 4.69) is 378 Å². The van der Waals surface area contributed by atoms with Crippen LogP contribution in [0.4, 0.5) is 0 Å². The van der Waals surface area contributed by atoms with Gasteiger partial charge in [-0.1, -0.05) is 315 Å². The Hall–Kier alpha value is -14.1. The molecule has 15 aromatic carbocycles. The van der Waals surface area contributed by atoms with Crippen LogP contribution in [0.15, 0.2) is 400 Å². The molecule has 6 nitrogen and oxygen atoms in total. The zero-order valence-electron chi connectivity index (χ0n) is 57.3. The first-order chi connectivity index (χ1) is 52.0. The first-order valence-electron chi connectivity index (χ1n) is 35.7. The summed E-state index contributed by atoms with van der Waals surface area (Å²) in [4.78, 5) is 15.4. The number of pyridine rings is 1. The maximum Gasteiger partial charge on any atom is 0.160 e. The van der Waals surface area contributed by atoms with Crippen LogP contribution in [0.3, 0.4) is 0 Å². The van der Waals surface area contributed by atoms with Gasteiger partial charge < -0.3 is 13.7 Å². The molecule has 0 bridgehead atoms. The van der Waals surface area contributed by atoms with Crippen LogP contribution in [-0.4, -0.2) is 28.7 Å². The SMILES string of the molecule is c1ccc(-c2ccc(-c3cc(-c4ccc(-c5cc(-n6c7ccccc7c7ccccc76)cc(-n6c7ccccc7c7ccccc76)c5)cc4)nc(-c4ccccc4)n3)cc2)cc1.c1ccc(-c2ccc(-c3cc(-c4ccc(-n5c6ccccc6c6ccccc65)cc4)cc(-c4ccccc4)n3)cc2)cc1. The maximum absolute atomic E-state index is 5.16. The van der Waals surface area contributed by atoms with Gasteiger partial charge in [0.05, 0.1) is 55.9 Å². The highest BCUT2D eigenvalue weighted by Gasteiger charge is 2.20. The van der Waals surface area contributed by atoms with Crippen LogP contribution in [0, 0.1) is 0 Å². The second-order valence-corrected chi connectivity index (χ2v) is 26.7. The lowest BCUT2D eigenvalue weighted by Gasteiger charge is -2.16. The Morgan fingerprint density at radius 3 is 0.714 bits per heavy atom. The number of hydrogen-bond donors (Lipinski definition) is 0. The van der Waals surface area contributed by atoms with E-state index in [1.54, 1.807) is 0 Å². The van der Waals surface area contributed by atoms with E-state index < -0.39 is 0 Å². The average molecular weight is 1340 g/mol. The van der Waals surface area contributed by atoms with Gasteiger partial charge in [-0.3, -0.25) is 0 Å². The Kier molecular flexibility index (Phi) is 15.8. The summed E-state index contributed by atoms with van der Waals surface area (Å²) in [5.41, 5.74) is 28.7. The number of benzene rings is 15. The van der Waals surface area contributed by atoms with Gasteiger partial charge in [0.1, 0.15) is 0 Å². The molecule has 0 unspecified atom stereocenters. The van der Waals surface area contributed by atoms with Gasteiger partial charge in [-0.15, -0.1) is 0 Å². The topological polar surface area (TPSA) is 53.5 Å². The highest BCUT2D eigenvalue weighted by atomic mass is 15.0. The van der Waals surface area contributed by atoms with Gasteiger partial charge in [0.15, 0.2) is 5.82 Å². The number of rotatable bonds is 12. The van der Waals surface area contributed by atoms with E-state index in [0.29, 0.717) is 5.82 Å². The largest absolute Gasteiger partial charge is 0.309 e. The van der Waals surface area contributed by atoms with Crippen molar-refractivity contribution in [3.8, 4) is 118 Å². The average Bonchev–Trinajstić information content (AvgIpc) is 1.60. The lowest BCUT2D eigenvalue weighted by Crippen LogP contribution is -2.00. The molecule has 0 aliphatic rings. The molecular formula is C99H66N6. The molecule has 5 aromatic heterocycles. The van der Waals surface area contributed by atoms with Crippen molar-refractivity contribution in [1.29, 1.82) is 0 Å². The minimum absolute atomic E-state index is 0.698. The molecule has 492 valence electrons. The molecular weight excluding hydrogens is 1270 g/mol. The molecule has 105 heavy (non-hydrogen) atoms. The molecule has 0 amide bonds. The van der Waals surface area contributed by atoms with Gasteiger partial charge in [-0.2, -0.15) is 0 Å². The molecule has 0 spiro atoms. The summed E-state index contributed by atoms with van der Waals surface area (Å²) < 4.78 is 7.19. The number of aromatic nitrogens is 6. The van der Waals surface area contributed by atoms with Gasteiger partial charge in [0.25, 0.3) is 0 Å². The van der Waals surface area contributed by atoms with E-state index in [4.69, 9.17) is 15.0 Å². The normalized spacial score (nSPS) is 11.4.